The van der Waals surface area contributed by atoms with Crippen LogP contribution in [0.4, 0.5) is 0 Å². The number of benzene rings is 2. The summed E-state index contributed by atoms with van der Waals surface area (Å²) >= 11 is 0. The van der Waals surface area contributed by atoms with Crippen molar-refractivity contribution in [3.63, 3.8) is 0 Å². The molecular formula is C13H10NO2-. The zero-order valence-electron chi connectivity index (χ0n) is 8.54. The number of hydrogen-bond donors (Lipinski definition) is 0. The minimum Gasteiger partial charge on any atom is -0.724 e. The molecule has 0 N–H and O–H groups in total. The van der Waals surface area contributed by atoms with Crippen LogP contribution in [-0.2, 0) is 4.79 Å². The molecule has 2 rings (SSSR count). The fraction of sp³-hybridized carbons (Fsp3) is 0. The third-order valence-electron chi connectivity index (χ3n) is 1.72. The van der Waals surface area contributed by atoms with Crippen LogP contribution in [0, 0.1) is 0 Å². The van der Waals surface area contributed by atoms with Crippen LogP contribution in [0.15, 0.2) is 60.7 Å². The number of isocyanates is 1. The predicted octanol–water partition coefficient (Wildman–Crippen LogP) is 3.37. The molecular weight excluding hydrogens is 202 g/mol. The molecule has 0 bridgehead atoms. The molecule has 2 aromatic carbocycles. The molecule has 3 nitrogen and oxygen atoms in total. The highest BCUT2D eigenvalue weighted by molar-refractivity contribution is 5.36. The molecule has 0 aliphatic heterocycles. The van der Waals surface area contributed by atoms with E-state index in [1.807, 2.05) is 60.7 Å². The summed E-state index contributed by atoms with van der Waals surface area (Å²) in [5.74, 6) is 1.74. The summed E-state index contributed by atoms with van der Waals surface area (Å²) in [6.07, 6.45) is 0.500. The molecule has 80 valence electrons. The molecule has 0 saturated heterocycles. The van der Waals surface area contributed by atoms with Crippen molar-refractivity contribution in [2.75, 3.05) is 0 Å². The fourth-order valence-electron chi connectivity index (χ4n) is 1.11. The number of nitrogens with zero attached hydrogens (tertiary/aromatic N) is 1. The smallest absolute Gasteiger partial charge is 0.127 e. The normalized spacial score (nSPS) is 8.25. The first-order chi connectivity index (χ1) is 7.86. The Labute approximate surface area is 93.8 Å². The molecule has 0 aliphatic rings. The SMILES string of the molecule is [N-]=C=O.c1ccc(Oc2ccccc2)cc1. The Kier molecular flexibility index (Phi) is 5.10. The Hall–Kier alpha value is -2.38. The van der Waals surface area contributed by atoms with E-state index in [2.05, 4.69) is 0 Å². The van der Waals surface area contributed by atoms with Gasteiger partial charge in [0.15, 0.2) is 0 Å². The van der Waals surface area contributed by atoms with Gasteiger partial charge in [0, 0.05) is 0 Å². The molecule has 0 unspecified atom stereocenters. The monoisotopic (exact) mass is 212 g/mol. The van der Waals surface area contributed by atoms with Crippen molar-refractivity contribution in [1.29, 1.82) is 0 Å². The summed E-state index contributed by atoms with van der Waals surface area (Å²) in [7, 11) is 0. The number of hydrogen-bond acceptors (Lipinski definition) is 2. The number of para-hydroxylation sites is 2. The Balaban J connectivity index is 0.000000386. The quantitative estimate of drug-likeness (QED) is 0.566. The second kappa shape index (κ2) is 6.98. The maximum Gasteiger partial charge on any atom is 0.127 e. The second-order valence-electron chi connectivity index (χ2n) is 2.82. The van der Waals surface area contributed by atoms with E-state index in [9.17, 15) is 0 Å². The third kappa shape index (κ3) is 4.22. The topological polar surface area (TPSA) is 48.6 Å². The van der Waals surface area contributed by atoms with Gasteiger partial charge in [-0.1, -0.05) is 36.4 Å². The van der Waals surface area contributed by atoms with Gasteiger partial charge in [-0.25, -0.2) is 0 Å². The van der Waals surface area contributed by atoms with E-state index in [0.717, 1.165) is 11.5 Å². The van der Waals surface area contributed by atoms with Crippen LogP contribution >= 0.6 is 0 Å². The molecule has 0 fully saturated rings. The van der Waals surface area contributed by atoms with Crippen molar-refractivity contribution >= 4 is 6.08 Å². The van der Waals surface area contributed by atoms with E-state index in [-0.39, 0.29) is 0 Å². The average Bonchev–Trinajstić information content (AvgIpc) is 2.33. The summed E-state index contributed by atoms with van der Waals surface area (Å²) in [5, 5.41) is 6.76. The first-order valence-electron chi connectivity index (χ1n) is 4.66. The van der Waals surface area contributed by atoms with Crippen LogP contribution in [-0.4, -0.2) is 6.08 Å². The van der Waals surface area contributed by atoms with Gasteiger partial charge in [-0.15, -0.1) is 0 Å². The highest BCUT2D eigenvalue weighted by Gasteiger charge is 1.92. The second-order valence-corrected chi connectivity index (χ2v) is 2.82. The minimum absolute atomic E-state index is 0.500. The van der Waals surface area contributed by atoms with Gasteiger partial charge in [0.1, 0.15) is 11.5 Å². The van der Waals surface area contributed by atoms with Gasteiger partial charge >= 0.3 is 0 Å². The van der Waals surface area contributed by atoms with E-state index in [4.69, 9.17) is 14.9 Å². The van der Waals surface area contributed by atoms with Crippen molar-refractivity contribution in [3.05, 3.63) is 66.1 Å². The average molecular weight is 212 g/mol. The molecule has 0 saturated carbocycles. The van der Waals surface area contributed by atoms with Gasteiger partial charge in [-0.05, 0) is 30.3 Å². The number of ether oxygens (including phenoxy) is 1. The van der Waals surface area contributed by atoms with Gasteiger partial charge in [-0.2, -0.15) is 0 Å². The number of rotatable bonds is 2. The van der Waals surface area contributed by atoms with E-state index in [1.54, 1.807) is 0 Å². The predicted molar refractivity (Wildman–Crippen MR) is 62.0 cm³/mol. The molecule has 0 atom stereocenters. The van der Waals surface area contributed by atoms with Gasteiger partial charge in [-0.3, -0.25) is 4.79 Å². The maximum absolute atomic E-state index is 8.24. The van der Waals surface area contributed by atoms with Crippen molar-refractivity contribution in [1.82, 2.24) is 0 Å². The standard InChI is InChI=1S/C12H10O.CNO/c1-3-7-11(8-4-1)13-12-9-5-2-6-10-12;2-1-3/h1-10H;/q;-1. The lowest BCUT2D eigenvalue weighted by Gasteiger charge is -2.03. The first-order valence-corrected chi connectivity index (χ1v) is 4.66. The molecule has 0 radical (unpaired) electrons. The van der Waals surface area contributed by atoms with E-state index in [1.165, 1.54) is 0 Å². The van der Waals surface area contributed by atoms with E-state index >= 15 is 0 Å². The van der Waals surface area contributed by atoms with E-state index < -0.39 is 0 Å². The van der Waals surface area contributed by atoms with Crippen molar-refractivity contribution < 1.29 is 9.53 Å². The van der Waals surface area contributed by atoms with Crippen LogP contribution in [0.3, 0.4) is 0 Å². The first kappa shape index (κ1) is 11.7. The van der Waals surface area contributed by atoms with Crippen LogP contribution in [0.1, 0.15) is 0 Å². The Morgan fingerprint density at radius 3 is 1.44 bits per heavy atom. The molecule has 0 heterocycles. The summed E-state index contributed by atoms with van der Waals surface area (Å²) in [6.45, 7) is 0. The van der Waals surface area contributed by atoms with Crippen molar-refractivity contribution in [3.8, 4) is 11.5 Å². The molecule has 0 amide bonds. The molecule has 16 heavy (non-hydrogen) atoms. The minimum atomic E-state index is 0.500. The molecule has 0 aliphatic carbocycles. The fourth-order valence-corrected chi connectivity index (χ4v) is 1.11. The lowest BCUT2D eigenvalue weighted by molar-refractivity contribution is 0.482. The molecule has 0 spiro atoms. The molecule has 2 aromatic rings. The van der Waals surface area contributed by atoms with Crippen LogP contribution in [0.2, 0.25) is 0 Å². The maximum atomic E-state index is 8.24. The summed E-state index contributed by atoms with van der Waals surface area (Å²) in [5.41, 5.74) is 0. The van der Waals surface area contributed by atoms with Crippen LogP contribution < -0.4 is 4.74 Å². The Morgan fingerprint density at radius 1 is 0.812 bits per heavy atom. The lowest BCUT2D eigenvalue weighted by Crippen LogP contribution is -1.81. The van der Waals surface area contributed by atoms with E-state index in [0.29, 0.717) is 6.08 Å². The largest absolute Gasteiger partial charge is 0.724 e. The van der Waals surface area contributed by atoms with Gasteiger partial charge in [0.25, 0.3) is 0 Å². The molecule has 3 heteroatoms. The van der Waals surface area contributed by atoms with Crippen molar-refractivity contribution in [2.45, 2.75) is 0 Å². The highest BCUT2D eigenvalue weighted by Crippen LogP contribution is 2.19. The zero-order chi connectivity index (χ0) is 11.6. The summed E-state index contributed by atoms with van der Waals surface area (Å²) in [4.78, 5) is 8.24. The third-order valence-corrected chi connectivity index (χ3v) is 1.72. The summed E-state index contributed by atoms with van der Waals surface area (Å²) < 4.78 is 5.58. The lowest BCUT2D eigenvalue weighted by atomic mass is 10.3. The van der Waals surface area contributed by atoms with Crippen LogP contribution in [0.25, 0.3) is 5.41 Å². The van der Waals surface area contributed by atoms with Gasteiger partial charge in [0.05, 0.1) is 0 Å². The van der Waals surface area contributed by atoms with Gasteiger partial charge < -0.3 is 10.1 Å². The number of carbonyl (C=O) groups excluding carboxylic acids is 1. The van der Waals surface area contributed by atoms with Crippen LogP contribution in [0.5, 0.6) is 11.5 Å². The van der Waals surface area contributed by atoms with Crippen molar-refractivity contribution in [2.24, 2.45) is 0 Å². The Bertz CT molecular complexity index is 397. The van der Waals surface area contributed by atoms with Gasteiger partial charge in [0.2, 0.25) is 0 Å². The Morgan fingerprint density at radius 2 is 1.12 bits per heavy atom. The highest BCUT2D eigenvalue weighted by atomic mass is 16.5. The molecule has 0 aromatic heterocycles. The summed E-state index contributed by atoms with van der Waals surface area (Å²) in [6, 6.07) is 19.5. The zero-order valence-corrected chi connectivity index (χ0v) is 8.54.